The maximum Gasteiger partial charge on any atom is 0.433 e. The third kappa shape index (κ3) is 2.42. The van der Waals surface area contributed by atoms with E-state index in [2.05, 4.69) is 5.10 Å². The Bertz CT molecular complexity index is 435. The predicted octanol–water partition coefficient (Wildman–Crippen LogP) is 2.28. The monoisotopic (exact) mass is 250 g/mol. The van der Waals surface area contributed by atoms with Crippen LogP contribution in [0.2, 0.25) is 0 Å². The second-order valence-electron chi connectivity index (χ2n) is 4.16. The summed E-state index contributed by atoms with van der Waals surface area (Å²) < 4.78 is 38.7. The highest BCUT2D eigenvalue weighted by atomic mass is 19.4. The van der Waals surface area contributed by atoms with Crippen LogP contribution >= 0.6 is 0 Å². The standard InChI is InChI=1S/C10H13F3N2O2/c1-4-15-7(10(11,12)13)5-6(14-15)9(2,3)8(16)17/h5H,4H2,1-3H3,(H,16,17). The van der Waals surface area contributed by atoms with Crippen LogP contribution in [0.5, 0.6) is 0 Å². The molecule has 1 rings (SSSR count). The van der Waals surface area contributed by atoms with Crippen molar-refractivity contribution in [1.82, 2.24) is 9.78 Å². The average Bonchev–Trinajstić information content (AvgIpc) is 2.60. The number of aromatic nitrogens is 2. The summed E-state index contributed by atoms with van der Waals surface area (Å²) in [6, 6.07) is 0.789. The van der Waals surface area contributed by atoms with Gasteiger partial charge in [0, 0.05) is 6.54 Å². The van der Waals surface area contributed by atoms with Crippen LogP contribution in [0.1, 0.15) is 32.2 Å². The van der Waals surface area contributed by atoms with Gasteiger partial charge in [-0.15, -0.1) is 0 Å². The van der Waals surface area contributed by atoms with Gasteiger partial charge >= 0.3 is 12.1 Å². The van der Waals surface area contributed by atoms with E-state index in [1.165, 1.54) is 20.8 Å². The number of alkyl halides is 3. The molecule has 0 unspecified atom stereocenters. The van der Waals surface area contributed by atoms with E-state index in [-0.39, 0.29) is 12.2 Å². The zero-order chi connectivity index (χ0) is 13.4. The van der Waals surface area contributed by atoms with Gasteiger partial charge in [0.2, 0.25) is 0 Å². The van der Waals surface area contributed by atoms with Crippen LogP contribution in [0.4, 0.5) is 13.2 Å². The van der Waals surface area contributed by atoms with Gasteiger partial charge in [-0.25, -0.2) is 0 Å². The van der Waals surface area contributed by atoms with Gasteiger partial charge in [-0.1, -0.05) is 0 Å². The van der Waals surface area contributed by atoms with E-state index in [0.717, 1.165) is 10.7 Å². The number of halogens is 3. The molecular formula is C10H13F3N2O2. The van der Waals surface area contributed by atoms with Crippen molar-refractivity contribution in [3.05, 3.63) is 17.5 Å². The lowest BCUT2D eigenvalue weighted by molar-refractivity contribution is -0.144. The Labute approximate surface area is 96.0 Å². The van der Waals surface area contributed by atoms with Crippen molar-refractivity contribution in [2.45, 2.75) is 38.9 Å². The van der Waals surface area contributed by atoms with E-state index in [9.17, 15) is 18.0 Å². The Kier molecular flexibility index (Phi) is 3.22. The molecule has 0 aliphatic heterocycles. The maximum atomic E-state index is 12.6. The molecule has 1 heterocycles. The third-order valence-electron chi connectivity index (χ3n) is 2.54. The van der Waals surface area contributed by atoms with Crippen molar-refractivity contribution in [3.8, 4) is 0 Å². The molecule has 17 heavy (non-hydrogen) atoms. The molecule has 0 atom stereocenters. The maximum absolute atomic E-state index is 12.6. The zero-order valence-corrected chi connectivity index (χ0v) is 9.67. The second kappa shape index (κ2) is 4.05. The number of nitrogens with zero attached hydrogens (tertiary/aromatic N) is 2. The first kappa shape index (κ1) is 13.5. The van der Waals surface area contributed by atoms with Crippen LogP contribution in [-0.2, 0) is 22.9 Å². The first-order valence-corrected chi connectivity index (χ1v) is 4.99. The lowest BCUT2D eigenvalue weighted by Gasteiger charge is -2.15. The number of carboxylic acid groups (broad SMARTS) is 1. The number of hydrogen-bond donors (Lipinski definition) is 1. The number of carbonyl (C=O) groups is 1. The molecule has 0 radical (unpaired) electrons. The largest absolute Gasteiger partial charge is 0.481 e. The Morgan fingerprint density at radius 2 is 2.00 bits per heavy atom. The van der Waals surface area contributed by atoms with E-state index in [4.69, 9.17) is 5.11 Å². The predicted molar refractivity (Wildman–Crippen MR) is 53.6 cm³/mol. The zero-order valence-electron chi connectivity index (χ0n) is 9.67. The molecule has 1 N–H and O–H groups in total. The molecule has 1 aromatic heterocycles. The lowest BCUT2D eigenvalue weighted by atomic mass is 9.89. The van der Waals surface area contributed by atoms with Crippen LogP contribution < -0.4 is 0 Å². The molecular weight excluding hydrogens is 237 g/mol. The molecule has 1 aromatic rings. The summed E-state index contributed by atoms with van der Waals surface area (Å²) in [6.07, 6.45) is -4.53. The van der Waals surface area contributed by atoms with Crippen molar-refractivity contribution in [2.75, 3.05) is 0 Å². The fourth-order valence-corrected chi connectivity index (χ4v) is 1.30. The Balaban J connectivity index is 3.32. The SMILES string of the molecule is CCn1nc(C(C)(C)C(=O)O)cc1C(F)(F)F. The van der Waals surface area contributed by atoms with E-state index in [1.54, 1.807) is 0 Å². The van der Waals surface area contributed by atoms with Gasteiger partial charge in [0.05, 0.1) is 5.69 Å². The van der Waals surface area contributed by atoms with Gasteiger partial charge < -0.3 is 5.11 Å². The van der Waals surface area contributed by atoms with Crippen LogP contribution in [0.3, 0.4) is 0 Å². The number of hydrogen-bond acceptors (Lipinski definition) is 2. The molecule has 0 fully saturated rings. The molecule has 0 amide bonds. The molecule has 0 aromatic carbocycles. The second-order valence-corrected chi connectivity index (χ2v) is 4.16. The Morgan fingerprint density at radius 1 is 1.47 bits per heavy atom. The van der Waals surface area contributed by atoms with Crippen molar-refractivity contribution in [2.24, 2.45) is 0 Å². The highest BCUT2D eigenvalue weighted by Crippen LogP contribution is 2.32. The molecule has 0 saturated carbocycles. The van der Waals surface area contributed by atoms with Crippen LogP contribution in [-0.4, -0.2) is 20.9 Å². The van der Waals surface area contributed by atoms with Crippen molar-refractivity contribution >= 4 is 5.97 Å². The van der Waals surface area contributed by atoms with Crippen molar-refractivity contribution < 1.29 is 23.1 Å². The highest BCUT2D eigenvalue weighted by Gasteiger charge is 2.39. The van der Waals surface area contributed by atoms with Crippen molar-refractivity contribution in [3.63, 3.8) is 0 Å². The smallest absolute Gasteiger partial charge is 0.433 e. The molecule has 0 spiro atoms. The minimum absolute atomic E-state index is 0.0323. The summed E-state index contributed by atoms with van der Waals surface area (Å²) in [5.41, 5.74) is -2.47. The van der Waals surface area contributed by atoms with E-state index >= 15 is 0 Å². The molecule has 96 valence electrons. The molecule has 0 aliphatic rings. The minimum Gasteiger partial charge on any atom is -0.481 e. The van der Waals surface area contributed by atoms with Gasteiger partial charge in [0.1, 0.15) is 11.1 Å². The Morgan fingerprint density at radius 3 is 2.29 bits per heavy atom. The van der Waals surface area contributed by atoms with E-state index < -0.39 is 23.3 Å². The fourth-order valence-electron chi connectivity index (χ4n) is 1.30. The normalized spacial score (nSPS) is 12.8. The summed E-state index contributed by atoms with van der Waals surface area (Å²) >= 11 is 0. The molecule has 4 nitrogen and oxygen atoms in total. The minimum atomic E-state index is -4.53. The molecule has 7 heteroatoms. The number of aryl methyl sites for hydroxylation is 1. The topological polar surface area (TPSA) is 55.1 Å². The summed E-state index contributed by atoms with van der Waals surface area (Å²) in [4.78, 5) is 10.9. The van der Waals surface area contributed by atoms with E-state index in [0.29, 0.717) is 0 Å². The van der Waals surface area contributed by atoms with E-state index in [1.807, 2.05) is 0 Å². The Hall–Kier alpha value is -1.53. The highest BCUT2D eigenvalue weighted by molar-refractivity contribution is 5.79. The number of aliphatic carboxylic acids is 1. The van der Waals surface area contributed by atoms with Gasteiger partial charge in [0.25, 0.3) is 0 Å². The summed E-state index contributed by atoms with van der Waals surface area (Å²) in [7, 11) is 0. The molecule has 0 bridgehead atoms. The first-order chi connectivity index (χ1) is 7.60. The number of rotatable bonds is 3. The molecule has 0 aliphatic carbocycles. The van der Waals surface area contributed by atoms with Crippen LogP contribution in [0.25, 0.3) is 0 Å². The van der Waals surface area contributed by atoms with Crippen LogP contribution in [0.15, 0.2) is 6.07 Å². The number of carboxylic acids is 1. The van der Waals surface area contributed by atoms with Gasteiger partial charge in [0.15, 0.2) is 0 Å². The lowest BCUT2D eigenvalue weighted by Crippen LogP contribution is -2.29. The third-order valence-corrected chi connectivity index (χ3v) is 2.54. The fraction of sp³-hybridized carbons (Fsp3) is 0.600. The first-order valence-electron chi connectivity index (χ1n) is 4.99. The summed E-state index contributed by atoms with van der Waals surface area (Å²) in [5, 5.41) is 12.6. The van der Waals surface area contributed by atoms with Crippen LogP contribution in [0, 0.1) is 0 Å². The van der Waals surface area contributed by atoms with Gasteiger partial charge in [-0.05, 0) is 26.8 Å². The summed E-state index contributed by atoms with van der Waals surface area (Å²) in [5.74, 6) is -1.22. The summed E-state index contributed by atoms with van der Waals surface area (Å²) in [6.45, 7) is 4.18. The van der Waals surface area contributed by atoms with Crippen molar-refractivity contribution in [1.29, 1.82) is 0 Å². The quantitative estimate of drug-likeness (QED) is 0.895. The average molecular weight is 250 g/mol. The molecule has 0 saturated heterocycles. The van der Waals surface area contributed by atoms with Gasteiger partial charge in [-0.3, -0.25) is 9.48 Å². The van der Waals surface area contributed by atoms with Gasteiger partial charge in [-0.2, -0.15) is 18.3 Å².